The van der Waals surface area contributed by atoms with E-state index in [-0.39, 0.29) is 26.4 Å². The molecule has 0 fully saturated rings. The predicted octanol–water partition coefficient (Wildman–Crippen LogP) is 5.90. The van der Waals surface area contributed by atoms with E-state index in [0.717, 1.165) is 33.4 Å². The molecule has 0 amide bonds. The molecule has 2 aromatic carbocycles. The molecule has 0 bridgehead atoms. The summed E-state index contributed by atoms with van der Waals surface area (Å²) in [5.74, 6) is 0.415. The summed E-state index contributed by atoms with van der Waals surface area (Å²) in [6.45, 7) is 7.44. The van der Waals surface area contributed by atoms with Crippen LogP contribution in [0.15, 0.2) is 59.3 Å². The number of esters is 2. The van der Waals surface area contributed by atoms with E-state index in [2.05, 4.69) is 0 Å². The molecular weight excluding hydrogens is 576 g/mol. The van der Waals surface area contributed by atoms with Gasteiger partial charge in [-0.15, -0.1) is 22.7 Å². The lowest BCUT2D eigenvalue weighted by atomic mass is 9.96. The molecule has 2 N–H and O–H groups in total. The van der Waals surface area contributed by atoms with E-state index in [1.54, 1.807) is 35.0 Å². The molecule has 10 heteroatoms. The Balaban J connectivity index is 1.33. The van der Waals surface area contributed by atoms with Crippen LogP contribution in [0.4, 0.5) is 0 Å². The van der Waals surface area contributed by atoms with Crippen molar-refractivity contribution in [3.63, 3.8) is 0 Å². The topological polar surface area (TPSA) is 112 Å². The highest BCUT2D eigenvalue weighted by molar-refractivity contribution is 7.12. The van der Waals surface area contributed by atoms with Crippen molar-refractivity contribution in [2.75, 3.05) is 26.4 Å². The van der Waals surface area contributed by atoms with Crippen LogP contribution in [0.3, 0.4) is 0 Å². The first-order valence-corrected chi connectivity index (χ1v) is 15.1. The maximum atomic E-state index is 12.0. The highest BCUT2D eigenvalue weighted by Crippen LogP contribution is 2.34. The van der Waals surface area contributed by atoms with Crippen LogP contribution in [0.25, 0.3) is 11.1 Å². The van der Waals surface area contributed by atoms with Crippen LogP contribution in [0.1, 0.15) is 41.6 Å². The van der Waals surface area contributed by atoms with Gasteiger partial charge in [-0.05, 0) is 108 Å². The molecule has 4 rings (SSSR count). The molecule has 0 saturated carbocycles. The first-order valence-electron chi connectivity index (χ1n) is 13.4. The molecule has 8 nitrogen and oxygen atoms in total. The summed E-state index contributed by atoms with van der Waals surface area (Å²) in [5.41, 5.74) is 5.63. The standard InChI is InChI=1S/C32H34O8S2/c1-19-11-23(12-20(2)29(19)37-15-25(33)17-39-31(35)27-7-5-9-41-27)24-13-21(3)30(22(4)14-24)38-16-26(34)18-40-32(36)28-8-6-10-42-28/h5-14,25-26,33-34H,15-18H2,1-4H3. The van der Waals surface area contributed by atoms with Gasteiger partial charge >= 0.3 is 11.9 Å². The van der Waals surface area contributed by atoms with E-state index in [1.165, 1.54) is 22.7 Å². The van der Waals surface area contributed by atoms with Crippen LogP contribution in [-0.2, 0) is 9.47 Å². The summed E-state index contributed by atoms with van der Waals surface area (Å²) in [6, 6.07) is 15.0. The number of aryl methyl sites for hydroxylation is 4. The average Bonchev–Trinajstić information content (AvgIpc) is 3.69. The van der Waals surface area contributed by atoms with Crippen molar-refractivity contribution >= 4 is 34.6 Å². The van der Waals surface area contributed by atoms with Crippen molar-refractivity contribution in [3.05, 3.63) is 91.3 Å². The van der Waals surface area contributed by atoms with Crippen LogP contribution < -0.4 is 9.47 Å². The summed E-state index contributed by atoms with van der Waals surface area (Å²) in [7, 11) is 0. The first kappa shape index (κ1) is 31.2. The molecule has 0 aliphatic heterocycles. The van der Waals surface area contributed by atoms with Crippen molar-refractivity contribution in [1.29, 1.82) is 0 Å². The minimum Gasteiger partial charge on any atom is -0.490 e. The maximum absolute atomic E-state index is 12.0. The Morgan fingerprint density at radius 2 is 1.00 bits per heavy atom. The molecule has 0 spiro atoms. The largest absolute Gasteiger partial charge is 0.490 e. The van der Waals surface area contributed by atoms with Gasteiger partial charge in [0.2, 0.25) is 0 Å². The number of carbonyl (C=O) groups is 2. The van der Waals surface area contributed by atoms with Crippen molar-refractivity contribution in [1.82, 2.24) is 0 Å². The van der Waals surface area contributed by atoms with E-state index >= 15 is 0 Å². The van der Waals surface area contributed by atoms with Gasteiger partial charge in [-0.2, -0.15) is 0 Å². The second-order valence-corrected chi connectivity index (χ2v) is 11.9. The van der Waals surface area contributed by atoms with Gasteiger partial charge in [-0.1, -0.05) is 12.1 Å². The molecule has 222 valence electrons. The minimum absolute atomic E-state index is 0.0118. The number of aliphatic hydroxyl groups is 2. The molecule has 0 aliphatic rings. The number of aliphatic hydroxyl groups excluding tert-OH is 2. The molecule has 2 unspecified atom stereocenters. The normalized spacial score (nSPS) is 12.4. The Morgan fingerprint density at radius 1 is 0.643 bits per heavy atom. The van der Waals surface area contributed by atoms with Crippen LogP contribution in [-0.4, -0.2) is 60.8 Å². The highest BCUT2D eigenvalue weighted by atomic mass is 32.1. The predicted molar refractivity (Wildman–Crippen MR) is 163 cm³/mol. The number of hydrogen-bond donors (Lipinski definition) is 2. The lowest BCUT2D eigenvalue weighted by Gasteiger charge is -2.19. The van der Waals surface area contributed by atoms with Gasteiger partial charge in [0, 0.05) is 0 Å². The van der Waals surface area contributed by atoms with E-state index < -0.39 is 24.1 Å². The Hall–Kier alpha value is -3.70. The molecule has 2 aromatic heterocycles. The molecule has 4 aromatic rings. The lowest BCUT2D eigenvalue weighted by molar-refractivity contribution is 0.0130. The smallest absolute Gasteiger partial charge is 0.348 e. The van der Waals surface area contributed by atoms with Gasteiger partial charge in [0.1, 0.15) is 59.9 Å². The maximum Gasteiger partial charge on any atom is 0.348 e. The van der Waals surface area contributed by atoms with Gasteiger partial charge in [0.05, 0.1) is 0 Å². The third-order valence-corrected chi connectivity index (χ3v) is 8.05. The molecule has 2 heterocycles. The fourth-order valence-electron chi connectivity index (χ4n) is 4.42. The Labute approximate surface area is 253 Å². The van der Waals surface area contributed by atoms with Gasteiger partial charge in [-0.3, -0.25) is 0 Å². The van der Waals surface area contributed by atoms with Gasteiger partial charge < -0.3 is 29.2 Å². The Kier molecular flexibility index (Phi) is 10.8. The van der Waals surface area contributed by atoms with Crippen molar-refractivity contribution in [3.8, 4) is 22.6 Å². The number of hydrogen-bond acceptors (Lipinski definition) is 10. The summed E-state index contributed by atoms with van der Waals surface area (Å²) in [6.07, 6.45) is -1.92. The number of ether oxygens (including phenoxy) is 4. The second-order valence-electron chi connectivity index (χ2n) is 9.96. The highest BCUT2D eigenvalue weighted by Gasteiger charge is 2.17. The lowest BCUT2D eigenvalue weighted by Crippen LogP contribution is -2.25. The number of carbonyl (C=O) groups excluding carboxylic acids is 2. The number of benzene rings is 2. The molecule has 42 heavy (non-hydrogen) atoms. The van der Waals surface area contributed by atoms with E-state index in [4.69, 9.17) is 18.9 Å². The monoisotopic (exact) mass is 610 g/mol. The zero-order chi connectivity index (χ0) is 30.2. The Bertz CT molecular complexity index is 1340. The molecule has 2 atom stereocenters. The van der Waals surface area contributed by atoms with E-state index in [0.29, 0.717) is 21.3 Å². The third-order valence-electron chi connectivity index (χ3n) is 6.35. The summed E-state index contributed by atoms with van der Waals surface area (Å²) in [4.78, 5) is 24.9. The third kappa shape index (κ3) is 8.19. The van der Waals surface area contributed by atoms with Crippen molar-refractivity contribution in [2.45, 2.75) is 39.9 Å². The fraction of sp³-hybridized carbons (Fsp3) is 0.312. The van der Waals surface area contributed by atoms with Gasteiger partial charge in [0.15, 0.2) is 0 Å². The quantitative estimate of drug-likeness (QED) is 0.180. The summed E-state index contributed by atoms with van der Waals surface area (Å²) < 4.78 is 22.2. The van der Waals surface area contributed by atoms with Crippen LogP contribution in [0, 0.1) is 27.7 Å². The molecule has 0 aliphatic carbocycles. The van der Waals surface area contributed by atoms with E-state index in [9.17, 15) is 19.8 Å². The SMILES string of the molecule is Cc1cc(-c2cc(C)c(OCC(O)COC(=O)c3cccs3)c(C)c2)cc(C)c1OCC(O)COC(=O)c1cccs1. The summed E-state index contributed by atoms with van der Waals surface area (Å²) in [5, 5.41) is 24.1. The zero-order valence-electron chi connectivity index (χ0n) is 23.9. The molecule has 0 saturated heterocycles. The zero-order valence-corrected chi connectivity index (χ0v) is 25.6. The van der Waals surface area contributed by atoms with Crippen LogP contribution in [0.5, 0.6) is 11.5 Å². The second kappa shape index (κ2) is 14.5. The van der Waals surface area contributed by atoms with Gasteiger partial charge in [-0.25, -0.2) is 9.59 Å². The first-order chi connectivity index (χ1) is 20.1. The van der Waals surface area contributed by atoms with Crippen molar-refractivity contribution < 1.29 is 38.7 Å². The minimum atomic E-state index is -0.961. The van der Waals surface area contributed by atoms with Gasteiger partial charge in [0.25, 0.3) is 0 Å². The van der Waals surface area contributed by atoms with Crippen LogP contribution >= 0.6 is 22.7 Å². The number of rotatable bonds is 13. The summed E-state index contributed by atoms with van der Waals surface area (Å²) >= 11 is 2.57. The molecular formula is C32H34O8S2. The number of thiophene rings is 2. The molecule has 0 radical (unpaired) electrons. The fourth-order valence-corrected chi connectivity index (χ4v) is 5.65. The van der Waals surface area contributed by atoms with E-state index in [1.807, 2.05) is 52.0 Å². The Morgan fingerprint density at radius 3 is 1.31 bits per heavy atom. The van der Waals surface area contributed by atoms with Crippen LogP contribution in [0.2, 0.25) is 0 Å². The van der Waals surface area contributed by atoms with Crippen molar-refractivity contribution in [2.24, 2.45) is 0 Å². The average molecular weight is 611 g/mol.